The highest BCUT2D eigenvalue weighted by molar-refractivity contribution is 7.91. The number of aryl methyl sites for hydroxylation is 1. The molecular weight excluding hydrogens is 310 g/mol. The summed E-state index contributed by atoms with van der Waals surface area (Å²) in [6, 6.07) is 6.57. The van der Waals surface area contributed by atoms with E-state index in [1.54, 1.807) is 19.1 Å². The molecule has 1 atom stereocenters. The van der Waals surface area contributed by atoms with Crippen LogP contribution >= 0.6 is 0 Å². The van der Waals surface area contributed by atoms with Gasteiger partial charge in [-0.2, -0.15) is 0 Å². The average Bonchev–Trinajstić information content (AvgIpc) is 2.76. The van der Waals surface area contributed by atoms with Crippen LogP contribution in [0.15, 0.2) is 34.2 Å². The van der Waals surface area contributed by atoms with Gasteiger partial charge in [-0.3, -0.25) is 0 Å². The van der Waals surface area contributed by atoms with E-state index in [0.717, 1.165) is 31.5 Å². The van der Waals surface area contributed by atoms with Gasteiger partial charge in [-0.05, 0) is 38.8 Å². The van der Waals surface area contributed by atoms with E-state index in [-0.39, 0.29) is 11.8 Å². The summed E-state index contributed by atoms with van der Waals surface area (Å²) in [7, 11) is -3.34. The molecule has 1 aliphatic rings. The Balaban J connectivity index is 2.03. The van der Waals surface area contributed by atoms with Crippen molar-refractivity contribution in [3.05, 3.63) is 29.8 Å². The third kappa shape index (κ3) is 5.23. The van der Waals surface area contributed by atoms with Crippen molar-refractivity contribution in [1.29, 1.82) is 0 Å². The third-order valence-corrected chi connectivity index (χ3v) is 6.04. The molecule has 5 nitrogen and oxygen atoms in total. The minimum absolute atomic E-state index is 0.0232. The number of hydrogen-bond acceptors (Lipinski definition) is 3. The Kier molecular flexibility index (Phi) is 6.04. The van der Waals surface area contributed by atoms with Crippen molar-refractivity contribution in [3.63, 3.8) is 0 Å². The fourth-order valence-corrected chi connectivity index (χ4v) is 4.26. The Morgan fingerprint density at radius 1 is 1.17 bits per heavy atom. The van der Waals surface area contributed by atoms with Crippen molar-refractivity contribution in [2.75, 3.05) is 18.8 Å². The van der Waals surface area contributed by atoms with Crippen molar-refractivity contribution >= 4 is 15.8 Å². The molecule has 1 saturated heterocycles. The van der Waals surface area contributed by atoms with Crippen LogP contribution < -0.4 is 5.73 Å². The Bertz CT molecular complexity index is 630. The number of sulfone groups is 1. The Labute approximate surface area is 139 Å². The number of benzene rings is 1. The van der Waals surface area contributed by atoms with E-state index in [1.165, 1.54) is 12.8 Å². The fourth-order valence-electron chi connectivity index (χ4n) is 2.80. The zero-order valence-electron chi connectivity index (χ0n) is 14.0. The van der Waals surface area contributed by atoms with E-state index >= 15 is 0 Å². The maximum Gasteiger partial charge on any atom is 0.191 e. The van der Waals surface area contributed by atoms with E-state index in [2.05, 4.69) is 9.89 Å². The number of aliphatic imine (C=N–C) groups is 1. The molecule has 6 heteroatoms. The van der Waals surface area contributed by atoms with Gasteiger partial charge < -0.3 is 10.6 Å². The van der Waals surface area contributed by atoms with E-state index in [0.29, 0.717) is 10.9 Å². The summed E-state index contributed by atoms with van der Waals surface area (Å²) >= 11 is 0. The number of nitrogens with zero attached hydrogens (tertiary/aromatic N) is 2. The molecule has 0 bridgehead atoms. The number of rotatable bonds is 4. The molecule has 1 aliphatic heterocycles. The van der Waals surface area contributed by atoms with Crippen LogP contribution in [0.25, 0.3) is 0 Å². The molecule has 1 aromatic rings. The molecule has 1 heterocycles. The second kappa shape index (κ2) is 7.81. The smallest absolute Gasteiger partial charge is 0.191 e. The monoisotopic (exact) mass is 337 g/mol. The first-order chi connectivity index (χ1) is 10.9. The zero-order valence-corrected chi connectivity index (χ0v) is 14.8. The lowest BCUT2D eigenvalue weighted by atomic mass is 10.2. The molecule has 0 aromatic heterocycles. The van der Waals surface area contributed by atoms with Crippen molar-refractivity contribution < 1.29 is 8.42 Å². The minimum atomic E-state index is -3.34. The van der Waals surface area contributed by atoms with Gasteiger partial charge in [0.2, 0.25) is 0 Å². The lowest BCUT2D eigenvalue weighted by molar-refractivity contribution is 0.427. The van der Waals surface area contributed by atoms with Crippen molar-refractivity contribution in [1.82, 2.24) is 4.90 Å². The van der Waals surface area contributed by atoms with E-state index < -0.39 is 9.84 Å². The molecule has 0 amide bonds. The predicted octanol–water partition coefficient (Wildman–Crippen LogP) is 2.35. The largest absolute Gasteiger partial charge is 0.370 e. The highest BCUT2D eigenvalue weighted by atomic mass is 32.2. The summed E-state index contributed by atoms with van der Waals surface area (Å²) in [5.74, 6) is 0.448. The number of guanidine groups is 1. The summed E-state index contributed by atoms with van der Waals surface area (Å²) in [6.07, 6.45) is 4.68. The van der Waals surface area contributed by atoms with Gasteiger partial charge in [0, 0.05) is 13.1 Å². The first-order valence-corrected chi connectivity index (χ1v) is 9.91. The topological polar surface area (TPSA) is 75.8 Å². The highest BCUT2D eigenvalue weighted by Gasteiger charge is 2.19. The van der Waals surface area contributed by atoms with Gasteiger partial charge in [0.05, 0.1) is 16.7 Å². The summed E-state index contributed by atoms with van der Waals surface area (Å²) in [6.45, 7) is 5.56. The molecule has 1 aromatic carbocycles. The minimum Gasteiger partial charge on any atom is -0.370 e. The summed E-state index contributed by atoms with van der Waals surface area (Å²) in [5, 5.41) is 0. The summed E-state index contributed by atoms with van der Waals surface area (Å²) in [5.41, 5.74) is 7.12. The molecule has 23 heavy (non-hydrogen) atoms. The number of likely N-dealkylation sites (tertiary alicyclic amines) is 1. The molecule has 1 unspecified atom stereocenters. The second-order valence-electron chi connectivity index (χ2n) is 6.33. The molecule has 1 fully saturated rings. The van der Waals surface area contributed by atoms with Crippen molar-refractivity contribution in [2.45, 2.75) is 50.5 Å². The highest BCUT2D eigenvalue weighted by Crippen LogP contribution is 2.15. The van der Waals surface area contributed by atoms with Crippen LogP contribution in [0, 0.1) is 6.92 Å². The molecule has 128 valence electrons. The molecule has 2 N–H and O–H groups in total. The van der Waals surface area contributed by atoms with Gasteiger partial charge in [-0.15, -0.1) is 0 Å². The standard InChI is InChI=1S/C17H27N3O2S/c1-14-7-9-16(10-8-14)23(21,22)13-15(2)19-17(18)20-11-5-3-4-6-12-20/h7-10,15H,3-6,11-13H2,1-2H3,(H2,18,19). The predicted molar refractivity (Wildman–Crippen MR) is 94.4 cm³/mol. The first-order valence-electron chi connectivity index (χ1n) is 8.26. The van der Waals surface area contributed by atoms with Crippen LogP contribution in [0.3, 0.4) is 0 Å². The van der Waals surface area contributed by atoms with Gasteiger partial charge in [0.25, 0.3) is 0 Å². The third-order valence-electron chi connectivity index (χ3n) is 4.12. The van der Waals surface area contributed by atoms with Gasteiger partial charge in [0.1, 0.15) is 0 Å². The molecular formula is C17H27N3O2S. The molecule has 0 radical (unpaired) electrons. The average molecular weight is 337 g/mol. The lowest BCUT2D eigenvalue weighted by Crippen LogP contribution is -2.39. The Morgan fingerprint density at radius 2 is 1.74 bits per heavy atom. The molecule has 0 aliphatic carbocycles. The maximum atomic E-state index is 12.4. The van der Waals surface area contributed by atoms with Crippen LogP contribution in [0.4, 0.5) is 0 Å². The van der Waals surface area contributed by atoms with Gasteiger partial charge in [0.15, 0.2) is 15.8 Å². The van der Waals surface area contributed by atoms with E-state index in [4.69, 9.17) is 5.73 Å². The van der Waals surface area contributed by atoms with Gasteiger partial charge in [-0.1, -0.05) is 30.5 Å². The molecule has 0 spiro atoms. The van der Waals surface area contributed by atoms with Crippen LogP contribution in [-0.2, 0) is 9.84 Å². The van der Waals surface area contributed by atoms with Gasteiger partial charge in [-0.25, -0.2) is 13.4 Å². The lowest BCUT2D eigenvalue weighted by Gasteiger charge is -2.22. The summed E-state index contributed by atoms with van der Waals surface area (Å²) in [4.78, 5) is 6.83. The Morgan fingerprint density at radius 3 is 2.30 bits per heavy atom. The molecule has 2 rings (SSSR count). The quantitative estimate of drug-likeness (QED) is 0.676. The van der Waals surface area contributed by atoms with Crippen molar-refractivity contribution in [2.24, 2.45) is 10.7 Å². The van der Waals surface area contributed by atoms with Crippen LogP contribution in [-0.4, -0.2) is 44.2 Å². The zero-order chi connectivity index (χ0) is 16.9. The molecule has 0 saturated carbocycles. The van der Waals surface area contributed by atoms with Crippen LogP contribution in [0.5, 0.6) is 0 Å². The van der Waals surface area contributed by atoms with Crippen LogP contribution in [0.2, 0.25) is 0 Å². The van der Waals surface area contributed by atoms with E-state index in [9.17, 15) is 8.42 Å². The first kappa shape index (κ1) is 17.8. The number of nitrogens with two attached hydrogens (primary N) is 1. The second-order valence-corrected chi connectivity index (χ2v) is 8.37. The summed E-state index contributed by atoms with van der Waals surface area (Å²) < 4.78 is 24.9. The van der Waals surface area contributed by atoms with Gasteiger partial charge >= 0.3 is 0 Å². The Hall–Kier alpha value is -1.56. The van der Waals surface area contributed by atoms with Crippen LogP contribution in [0.1, 0.15) is 38.2 Å². The fraction of sp³-hybridized carbons (Fsp3) is 0.588. The normalized spacial score (nSPS) is 18.5. The maximum absolute atomic E-state index is 12.4. The van der Waals surface area contributed by atoms with Crippen molar-refractivity contribution in [3.8, 4) is 0 Å². The SMILES string of the molecule is Cc1ccc(S(=O)(=O)CC(C)N=C(N)N2CCCCCC2)cc1. The van der Waals surface area contributed by atoms with E-state index in [1.807, 2.05) is 19.1 Å². The number of hydrogen-bond donors (Lipinski definition) is 1.